The molecule has 1 spiro atoms. The van der Waals surface area contributed by atoms with Crippen LogP contribution < -0.4 is 0 Å². The third kappa shape index (κ3) is 1.60. The maximum atomic E-state index is 11.8. The van der Waals surface area contributed by atoms with E-state index in [4.69, 9.17) is 0 Å². The normalized spacial score (nSPS) is 34.6. The van der Waals surface area contributed by atoms with Crippen LogP contribution in [-0.4, -0.2) is 58.9 Å². The van der Waals surface area contributed by atoms with Gasteiger partial charge in [0.05, 0.1) is 0 Å². The third-order valence-corrected chi connectivity index (χ3v) is 13.5. The Morgan fingerprint density at radius 2 is 2.08 bits per heavy atom. The van der Waals surface area contributed by atoms with Gasteiger partial charge in [-0.05, 0) is 0 Å². The number of piperidine rings is 1. The molecule has 66 valence electrons. The van der Waals surface area contributed by atoms with Gasteiger partial charge in [0.25, 0.3) is 0 Å². The molecule has 1 unspecified atom stereocenters. The van der Waals surface area contributed by atoms with Gasteiger partial charge in [0.2, 0.25) is 0 Å². The van der Waals surface area contributed by atoms with Crippen molar-refractivity contribution >= 4 is 31.9 Å². The minimum absolute atomic E-state index is 0.280. The molecule has 0 radical (unpaired) electrons. The van der Waals surface area contributed by atoms with E-state index in [1.165, 1.54) is 30.4 Å². The van der Waals surface area contributed by atoms with Crippen LogP contribution in [0.25, 0.3) is 0 Å². The zero-order chi connectivity index (χ0) is 8.60. The van der Waals surface area contributed by atoms with Crippen molar-refractivity contribution in [2.24, 2.45) is 0 Å². The Kier molecular flexibility index (Phi) is 2.82. The predicted octanol–water partition coefficient (Wildman–Crippen LogP) is 0.293. The zero-order valence-electron chi connectivity index (χ0n) is 7.51. The van der Waals surface area contributed by atoms with Gasteiger partial charge in [0, 0.05) is 0 Å². The van der Waals surface area contributed by atoms with Crippen LogP contribution in [0.4, 0.5) is 0 Å². The second-order valence-corrected chi connectivity index (χ2v) is 11.9. The molecule has 2 saturated heterocycles. The molecule has 2 rings (SSSR count). The number of rotatable bonds is 0. The molecule has 2 fully saturated rings. The Morgan fingerprint density at radius 3 is 2.58 bits per heavy atom. The maximum absolute atomic E-state index is 11.8. The molecular weight excluding hydrogens is 277 g/mol. The van der Waals surface area contributed by atoms with E-state index in [-0.39, 0.29) is 21.1 Å². The van der Waals surface area contributed by atoms with Gasteiger partial charge in [-0.25, -0.2) is 0 Å². The van der Waals surface area contributed by atoms with E-state index in [1.807, 2.05) is 0 Å². The summed E-state index contributed by atoms with van der Waals surface area (Å²) < 4.78 is 13.6. The van der Waals surface area contributed by atoms with Gasteiger partial charge >= 0.3 is 87.0 Å². The van der Waals surface area contributed by atoms with E-state index in [1.54, 1.807) is 0 Å². The molecule has 4 heteroatoms. The SMILES string of the molecule is CN1CC[C]2(CC1)[Sn+2][CH2]CS2=O. The van der Waals surface area contributed by atoms with E-state index < -0.39 is 10.8 Å². The van der Waals surface area contributed by atoms with Crippen LogP contribution in [0.15, 0.2) is 0 Å². The van der Waals surface area contributed by atoms with Gasteiger partial charge in [-0.1, -0.05) is 0 Å². The first kappa shape index (κ1) is 9.46. The third-order valence-electron chi connectivity index (χ3n) is 2.97. The molecule has 1 atom stereocenters. The first-order chi connectivity index (χ1) is 5.73. The van der Waals surface area contributed by atoms with Gasteiger partial charge in [0.1, 0.15) is 0 Å². The van der Waals surface area contributed by atoms with Crippen molar-refractivity contribution in [1.82, 2.24) is 4.90 Å². The average Bonchev–Trinajstić information content (AvgIpc) is 2.41. The van der Waals surface area contributed by atoms with E-state index in [9.17, 15) is 4.21 Å². The molecule has 0 bridgehead atoms. The molecule has 0 amide bonds. The number of likely N-dealkylation sites (tertiary alicyclic amines) is 1. The van der Waals surface area contributed by atoms with Crippen LogP contribution >= 0.6 is 0 Å². The van der Waals surface area contributed by atoms with Crippen LogP contribution in [0.2, 0.25) is 4.44 Å². The molecule has 12 heavy (non-hydrogen) atoms. The Bertz CT molecular complexity index is 201. The average molecular weight is 292 g/mol. The van der Waals surface area contributed by atoms with Crippen LogP contribution in [0.5, 0.6) is 0 Å². The van der Waals surface area contributed by atoms with Crippen molar-refractivity contribution in [3.05, 3.63) is 0 Å². The Hall–Kier alpha value is 0.909. The molecule has 2 nitrogen and oxygen atoms in total. The van der Waals surface area contributed by atoms with Crippen molar-refractivity contribution in [1.29, 1.82) is 0 Å². The standard InChI is InChI=1S/C8H15NOS.Sn/c1-3-11(10)8-4-6-9(2)7-5-8;/h1,3-7H2,2H3;/q;+2. The Morgan fingerprint density at radius 1 is 1.42 bits per heavy atom. The zero-order valence-corrected chi connectivity index (χ0v) is 11.2. The van der Waals surface area contributed by atoms with Crippen LogP contribution in [-0.2, 0) is 10.8 Å². The van der Waals surface area contributed by atoms with Crippen molar-refractivity contribution < 1.29 is 4.21 Å². The second-order valence-electron chi connectivity index (χ2n) is 3.77. The second kappa shape index (κ2) is 3.58. The molecule has 0 aromatic heterocycles. The molecule has 0 aliphatic carbocycles. The quantitative estimate of drug-likeness (QED) is 0.598. The van der Waals surface area contributed by atoms with Gasteiger partial charge in [-0.2, -0.15) is 0 Å². The fourth-order valence-electron chi connectivity index (χ4n) is 2.03. The number of hydrogen-bond acceptors (Lipinski definition) is 2. The van der Waals surface area contributed by atoms with Gasteiger partial charge < -0.3 is 0 Å². The van der Waals surface area contributed by atoms with Crippen molar-refractivity contribution in [3.8, 4) is 0 Å². The Balaban J connectivity index is 2.07. The summed E-state index contributed by atoms with van der Waals surface area (Å²) in [6, 6.07) is 0. The monoisotopic (exact) mass is 293 g/mol. The summed E-state index contributed by atoms with van der Waals surface area (Å²) in [4.78, 5) is 2.38. The summed E-state index contributed by atoms with van der Waals surface area (Å²) in [5.41, 5.74) is 0. The number of nitrogens with zero attached hydrogens (tertiary/aromatic N) is 1. The fraction of sp³-hybridized carbons (Fsp3) is 1.00. The van der Waals surface area contributed by atoms with E-state index in [0.29, 0.717) is 2.76 Å². The molecular formula is C8H15NOSSn+2. The minimum atomic E-state index is -0.434. The summed E-state index contributed by atoms with van der Waals surface area (Å²) in [7, 11) is 1.74. The Labute approximate surface area is 86.8 Å². The summed E-state index contributed by atoms with van der Waals surface area (Å²) in [6.45, 7) is 2.37. The first-order valence-electron chi connectivity index (χ1n) is 4.55. The van der Waals surface area contributed by atoms with E-state index >= 15 is 0 Å². The molecule has 0 saturated carbocycles. The van der Waals surface area contributed by atoms with E-state index in [2.05, 4.69) is 11.9 Å². The fourth-order valence-corrected chi connectivity index (χ4v) is 11.9. The summed E-state index contributed by atoms with van der Waals surface area (Å²) >= 11 is -0.280. The molecule has 0 N–H and O–H groups in total. The van der Waals surface area contributed by atoms with Crippen LogP contribution in [0.3, 0.4) is 0 Å². The van der Waals surface area contributed by atoms with Crippen molar-refractivity contribution in [3.63, 3.8) is 0 Å². The number of hydrogen-bond donors (Lipinski definition) is 0. The molecule has 2 heterocycles. The van der Waals surface area contributed by atoms with Crippen molar-refractivity contribution in [2.45, 2.75) is 20.0 Å². The summed E-state index contributed by atoms with van der Waals surface area (Å²) in [5, 5.41) is 0. The molecule has 0 aromatic rings. The van der Waals surface area contributed by atoms with Gasteiger partial charge in [-0.15, -0.1) is 0 Å². The summed E-state index contributed by atoms with van der Waals surface area (Å²) in [6.07, 6.45) is 2.48. The summed E-state index contributed by atoms with van der Waals surface area (Å²) in [5.74, 6) is 1.04. The van der Waals surface area contributed by atoms with Crippen LogP contribution in [0, 0.1) is 0 Å². The van der Waals surface area contributed by atoms with Crippen molar-refractivity contribution in [2.75, 3.05) is 25.9 Å². The van der Waals surface area contributed by atoms with E-state index in [0.717, 1.165) is 5.75 Å². The molecule has 0 aromatic carbocycles. The predicted molar refractivity (Wildman–Crippen MR) is 53.0 cm³/mol. The van der Waals surface area contributed by atoms with Gasteiger partial charge in [0.15, 0.2) is 0 Å². The molecule has 2 aliphatic rings. The van der Waals surface area contributed by atoms with Gasteiger partial charge in [-0.3, -0.25) is 0 Å². The topological polar surface area (TPSA) is 20.3 Å². The molecule has 2 aliphatic heterocycles. The van der Waals surface area contributed by atoms with Crippen LogP contribution in [0.1, 0.15) is 12.8 Å². The first-order valence-corrected chi connectivity index (χ1v) is 9.31.